The van der Waals surface area contributed by atoms with E-state index in [1.807, 2.05) is 0 Å². The SMILES string of the molecule is CCOC(=O)C(=O)/C=C(\O)c1cccc(CNC(=O)C(C)NC(=O)CNS(=O)(=O)Cc2cc3oc(-c4ccc(F)cc4)c(C(=O)NC)c3cc2C2CC2)c1. The van der Waals surface area contributed by atoms with Gasteiger partial charge in [-0.15, -0.1) is 0 Å². The van der Waals surface area contributed by atoms with Gasteiger partial charge in [-0.25, -0.2) is 22.3 Å². The van der Waals surface area contributed by atoms with Crippen LogP contribution in [-0.2, 0) is 46.2 Å². The van der Waals surface area contributed by atoms with Crippen LogP contribution in [0.3, 0.4) is 0 Å². The molecule has 3 amide bonds. The second-order valence-corrected chi connectivity index (χ2v) is 14.4. The third-order valence-electron chi connectivity index (χ3n) is 8.53. The third kappa shape index (κ3) is 9.76. The molecule has 284 valence electrons. The van der Waals surface area contributed by atoms with Crippen molar-refractivity contribution in [2.24, 2.45) is 0 Å². The molecular weight excluding hydrogens is 724 g/mol. The van der Waals surface area contributed by atoms with E-state index < -0.39 is 69.4 Å². The van der Waals surface area contributed by atoms with Crippen LogP contribution in [0, 0.1) is 5.82 Å². The molecule has 0 bridgehead atoms. The van der Waals surface area contributed by atoms with Gasteiger partial charge in [-0.3, -0.25) is 19.2 Å². The second kappa shape index (κ2) is 16.9. The van der Waals surface area contributed by atoms with E-state index in [1.165, 1.54) is 57.3 Å². The molecule has 1 atom stereocenters. The number of ketones is 1. The largest absolute Gasteiger partial charge is 0.507 e. The van der Waals surface area contributed by atoms with Gasteiger partial charge in [0.15, 0.2) is 0 Å². The standard InChI is InChI=1S/C38H39FN4O10S/c1-4-52-38(49)31(45)17-30(44)25-7-5-6-22(14-25)18-41-36(47)21(2)43-33(46)19-42-54(50,51)20-26-15-32-29(16-28(26)23-8-9-23)34(37(48)40-3)35(53-32)24-10-12-27(39)13-11-24/h5-7,10-17,21,23,42,44H,4,8-9,18-20H2,1-3H3,(H,40,48)(H,41,47)(H,43,46)/b30-17-. The van der Waals surface area contributed by atoms with Crippen LogP contribution in [-0.4, -0.2) is 69.2 Å². The van der Waals surface area contributed by atoms with E-state index >= 15 is 0 Å². The van der Waals surface area contributed by atoms with Crippen molar-refractivity contribution in [3.63, 3.8) is 0 Å². The van der Waals surface area contributed by atoms with Crippen LogP contribution in [0.25, 0.3) is 28.1 Å². The van der Waals surface area contributed by atoms with Gasteiger partial charge in [0.05, 0.1) is 24.5 Å². The minimum absolute atomic E-state index is 0.00134. The number of aliphatic hydroxyl groups is 1. The topological polar surface area (TPSA) is 210 Å². The van der Waals surface area contributed by atoms with Gasteiger partial charge in [-0.05, 0) is 91.8 Å². The lowest BCUT2D eigenvalue weighted by Crippen LogP contribution is -2.47. The number of carbonyl (C=O) groups excluding carboxylic acids is 5. The first kappa shape index (κ1) is 39.3. The Balaban J connectivity index is 1.20. The Kier molecular flexibility index (Phi) is 12.3. The number of hydrogen-bond acceptors (Lipinski definition) is 10. The Morgan fingerprint density at radius 1 is 1.06 bits per heavy atom. The molecule has 4 aromatic rings. The Hall–Kier alpha value is -5.87. The van der Waals surface area contributed by atoms with Crippen LogP contribution in [0.1, 0.15) is 65.2 Å². The van der Waals surface area contributed by atoms with Gasteiger partial charge in [0.25, 0.3) is 11.7 Å². The average molecular weight is 763 g/mol. The Morgan fingerprint density at radius 3 is 2.44 bits per heavy atom. The summed E-state index contributed by atoms with van der Waals surface area (Å²) in [5.74, 6) is -5.02. The quantitative estimate of drug-likeness (QED) is 0.0483. The number of sulfonamides is 1. The summed E-state index contributed by atoms with van der Waals surface area (Å²) < 4.78 is 53.1. The fourth-order valence-corrected chi connectivity index (χ4v) is 6.81. The van der Waals surface area contributed by atoms with Crippen molar-refractivity contribution >= 4 is 56.2 Å². The Labute approximate surface area is 310 Å². The van der Waals surface area contributed by atoms with Crippen molar-refractivity contribution < 1.29 is 51.0 Å². The van der Waals surface area contributed by atoms with E-state index in [-0.39, 0.29) is 41.5 Å². The predicted octanol–water partition coefficient (Wildman–Crippen LogP) is 3.75. The number of halogens is 1. The Bertz CT molecular complexity index is 2250. The van der Waals surface area contributed by atoms with Crippen LogP contribution in [0.4, 0.5) is 4.39 Å². The van der Waals surface area contributed by atoms with Gasteiger partial charge < -0.3 is 30.2 Å². The molecule has 14 nitrogen and oxygen atoms in total. The highest BCUT2D eigenvalue weighted by atomic mass is 32.2. The summed E-state index contributed by atoms with van der Waals surface area (Å²) in [6, 6.07) is 14.0. The van der Waals surface area contributed by atoms with Gasteiger partial charge in [0.2, 0.25) is 21.8 Å². The lowest BCUT2D eigenvalue weighted by atomic mass is 9.98. The first-order valence-corrected chi connectivity index (χ1v) is 18.7. The van der Waals surface area contributed by atoms with Crippen molar-refractivity contribution in [1.82, 2.24) is 20.7 Å². The summed E-state index contributed by atoms with van der Waals surface area (Å²) in [6.45, 7) is 2.30. The summed E-state index contributed by atoms with van der Waals surface area (Å²) in [5, 5.41) is 18.4. The van der Waals surface area contributed by atoms with Gasteiger partial charge >= 0.3 is 5.97 Å². The molecule has 16 heteroatoms. The van der Waals surface area contributed by atoms with Crippen LogP contribution in [0.5, 0.6) is 0 Å². The van der Waals surface area contributed by atoms with Crippen LogP contribution in [0.2, 0.25) is 0 Å². The second-order valence-electron chi connectivity index (χ2n) is 12.6. The average Bonchev–Trinajstić information content (AvgIpc) is 3.93. The summed E-state index contributed by atoms with van der Waals surface area (Å²) in [7, 11) is -2.61. The first-order valence-electron chi connectivity index (χ1n) is 17.0. The predicted molar refractivity (Wildman–Crippen MR) is 196 cm³/mol. The number of amides is 3. The number of furan rings is 1. The van der Waals surface area contributed by atoms with E-state index in [0.717, 1.165) is 24.5 Å². The minimum atomic E-state index is -4.08. The molecule has 1 aromatic heterocycles. The van der Waals surface area contributed by atoms with Gasteiger partial charge in [-0.1, -0.05) is 18.2 Å². The molecule has 0 radical (unpaired) electrons. The molecule has 1 saturated carbocycles. The van der Waals surface area contributed by atoms with E-state index in [2.05, 4.69) is 25.4 Å². The maximum Gasteiger partial charge on any atom is 0.379 e. The molecule has 5 N–H and O–H groups in total. The third-order valence-corrected chi connectivity index (χ3v) is 9.81. The highest BCUT2D eigenvalue weighted by Gasteiger charge is 2.31. The van der Waals surface area contributed by atoms with Crippen molar-refractivity contribution in [1.29, 1.82) is 0 Å². The van der Waals surface area contributed by atoms with Gasteiger partial charge in [0.1, 0.15) is 29.0 Å². The van der Waals surface area contributed by atoms with Crippen molar-refractivity contribution in [2.45, 2.75) is 50.9 Å². The maximum atomic E-state index is 13.6. The van der Waals surface area contributed by atoms with Gasteiger partial charge in [0, 0.05) is 36.2 Å². The van der Waals surface area contributed by atoms with E-state index in [9.17, 15) is 41.9 Å². The molecule has 3 aromatic carbocycles. The molecule has 0 aliphatic heterocycles. The first-order chi connectivity index (χ1) is 25.7. The summed E-state index contributed by atoms with van der Waals surface area (Å²) in [5.41, 5.74) is 2.90. The highest BCUT2D eigenvalue weighted by Crippen LogP contribution is 2.45. The van der Waals surface area contributed by atoms with Crippen LogP contribution < -0.4 is 20.7 Å². The maximum absolute atomic E-state index is 13.6. The van der Waals surface area contributed by atoms with E-state index in [1.54, 1.807) is 24.3 Å². The van der Waals surface area contributed by atoms with Crippen LogP contribution in [0.15, 0.2) is 71.2 Å². The monoisotopic (exact) mass is 762 g/mol. The van der Waals surface area contributed by atoms with Crippen molar-refractivity contribution in [3.8, 4) is 11.3 Å². The molecular formula is C38H39FN4O10S. The number of aliphatic hydroxyl groups excluding tert-OH is 1. The van der Waals surface area contributed by atoms with Crippen molar-refractivity contribution in [3.05, 3.63) is 100 Å². The molecule has 0 spiro atoms. The summed E-state index contributed by atoms with van der Waals surface area (Å²) >= 11 is 0. The number of esters is 1. The molecule has 1 aliphatic carbocycles. The Morgan fingerprint density at radius 2 is 1.78 bits per heavy atom. The normalized spacial score (nSPS) is 13.6. The number of nitrogens with one attached hydrogen (secondary N) is 4. The molecule has 54 heavy (non-hydrogen) atoms. The molecule has 1 fully saturated rings. The zero-order valence-corrected chi connectivity index (χ0v) is 30.5. The number of benzene rings is 3. The van der Waals surface area contributed by atoms with Gasteiger partial charge in [-0.2, -0.15) is 0 Å². The number of fused-ring (bicyclic) bond motifs is 1. The number of ether oxygens (including phenoxy) is 1. The summed E-state index contributed by atoms with van der Waals surface area (Å²) in [6.07, 6.45) is 2.40. The molecule has 5 rings (SSSR count). The molecule has 0 saturated heterocycles. The van der Waals surface area contributed by atoms with E-state index in [0.29, 0.717) is 22.1 Å². The lowest BCUT2D eigenvalue weighted by molar-refractivity contribution is -0.151. The fourth-order valence-electron chi connectivity index (χ4n) is 5.70. The molecule has 1 heterocycles. The minimum Gasteiger partial charge on any atom is -0.507 e. The molecule has 1 unspecified atom stereocenters. The number of hydrogen-bond donors (Lipinski definition) is 5. The van der Waals surface area contributed by atoms with E-state index in [4.69, 9.17) is 4.42 Å². The van der Waals surface area contributed by atoms with Crippen molar-refractivity contribution in [2.75, 3.05) is 20.2 Å². The fraction of sp³-hybridized carbons (Fsp3) is 0.289. The number of rotatable bonds is 16. The highest BCUT2D eigenvalue weighted by molar-refractivity contribution is 7.88. The summed E-state index contributed by atoms with van der Waals surface area (Å²) in [4.78, 5) is 61.8. The van der Waals surface area contributed by atoms with Crippen LogP contribution >= 0.6 is 0 Å². The smallest absolute Gasteiger partial charge is 0.379 e. The molecule has 1 aliphatic rings. The zero-order chi connectivity index (χ0) is 39.2. The lowest BCUT2D eigenvalue weighted by Gasteiger charge is -2.15. The zero-order valence-electron chi connectivity index (χ0n) is 29.7. The number of carbonyl (C=O) groups is 5.